The van der Waals surface area contributed by atoms with E-state index in [1.807, 2.05) is 49.5 Å². The Morgan fingerprint density at radius 2 is 1.97 bits per heavy atom. The molecular formula is C22H27N5O2S. The normalized spacial score (nSPS) is 11.2. The van der Waals surface area contributed by atoms with Gasteiger partial charge in [0.2, 0.25) is 5.88 Å². The van der Waals surface area contributed by atoms with E-state index in [4.69, 9.17) is 9.47 Å². The lowest BCUT2D eigenvalue weighted by molar-refractivity contribution is 0.407. The van der Waals surface area contributed by atoms with Crippen LogP contribution in [0.1, 0.15) is 22.4 Å². The SMILES string of the molecule is CCNC(=NCc1ccc(Oc2cccc(OC)c2)nc1)NCCc1ncc(C)s1. The van der Waals surface area contributed by atoms with E-state index in [9.17, 15) is 0 Å². The van der Waals surface area contributed by atoms with Gasteiger partial charge in [0.05, 0.1) is 18.7 Å². The minimum Gasteiger partial charge on any atom is -0.497 e. The van der Waals surface area contributed by atoms with E-state index in [0.29, 0.717) is 18.2 Å². The Morgan fingerprint density at radius 1 is 1.10 bits per heavy atom. The van der Waals surface area contributed by atoms with Crippen LogP contribution in [0.15, 0.2) is 53.8 Å². The molecule has 0 aliphatic carbocycles. The third-order valence-corrected chi connectivity index (χ3v) is 5.10. The molecule has 0 unspecified atom stereocenters. The number of pyridine rings is 1. The Balaban J connectivity index is 1.53. The van der Waals surface area contributed by atoms with Crippen LogP contribution in [0.2, 0.25) is 0 Å². The van der Waals surface area contributed by atoms with Crippen molar-refractivity contribution in [1.82, 2.24) is 20.6 Å². The largest absolute Gasteiger partial charge is 0.497 e. The standard InChI is InChI=1S/C22H27N5O2S/c1-4-23-22(24-11-10-21-26-13-16(2)30-21)27-15-17-8-9-20(25-14-17)29-19-7-5-6-18(12-19)28-3/h5-9,12-14H,4,10-11,15H2,1-3H3,(H2,23,24,27). The summed E-state index contributed by atoms with van der Waals surface area (Å²) in [5.74, 6) is 2.73. The third-order valence-electron chi connectivity index (χ3n) is 4.13. The number of aliphatic imine (C=N–C) groups is 1. The minimum atomic E-state index is 0.526. The highest BCUT2D eigenvalue weighted by atomic mass is 32.1. The molecule has 8 heteroatoms. The number of ether oxygens (including phenoxy) is 2. The van der Waals surface area contributed by atoms with Crippen molar-refractivity contribution in [2.45, 2.75) is 26.8 Å². The van der Waals surface area contributed by atoms with Crippen LogP contribution in [0, 0.1) is 6.92 Å². The maximum atomic E-state index is 5.78. The second-order valence-electron chi connectivity index (χ2n) is 6.52. The van der Waals surface area contributed by atoms with Crippen molar-refractivity contribution >= 4 is 17.3 Å². The summed E-state index contributed by atoms with van der Waals surface area (Å²) in [7, 11) is 1.63. The van der Waals surface area contributed by atoms with Gasteiger partial charge in [-0.2, -0.15) is 0 Å². The summed E-state index contributed by atoms with van der Waals surface area (Å²) in [6.07, 6.45) is 4.57. The lowest BCUT2D eigenvalue weighted by atomic mass is 10.3. The maximum absolute atomic E-state index is 5.78. The highest BCUT2D eigenvalue weighted by Crippen LogP contribution is 2.23. The molecule has 3 aromatic rings. The number of methoxy groups -OCH3 is 1. The average Bonchev–Trinajstić information content (AvgIpc) is 3.18. The number of aromatic nitrogens is 2. The fourth-order valence-electron chi connectivity index (χ4n) is 2.67. The zero-order valence-electron chi connectivity index (χ0n) is 17.5. The molecule has 2 heterocycles. The van der Waals surface area contributed by atoms with Crippen molar-refractivity contribution in [2.75, 3.05) is 20.2 Å². The predicted molar refractivity (Wildman–Crippen MR) is 121 cm³/mol. The molecule has 0 saturated heterocycles. The first-order valence-electron chi connectivity index (χ1n) is 9.86. The van der Waals surface area contributed by atoms with E-state index in [2.05, 4.69) is 32.5 Å². The van der Waals surface area contributed by atoms with Gasteiger partial charge in [0.25, 0.3) is 0 Å². The van der Waals surface area contributed by atoms with Crippen molar-refractivity contribution in [3.63, 3.8) is 0 Å². The van der Waals surface area contributed by atoms with E-state index in [1.54, 1.807) is 24.6 Å². The number of nitrogens with one attached hydrogen (secondary N) is 2. The molecule has 30 heavy (non-hydrogen) atoms. The van der Waals surface area contributed by atoms with Gasteiger partial charge in [0, 0.05) is 48.9 Å². The summed E-state index contributed by atoms with van der Waals surface area (Å²) in [6, 6.07) is 11.2. The number of rotatable bonds is 9. The fraction of sp³-hybridized carbons (Fsp3) is 0.318. The van der Waals surface area contributed by atoms with Crippen molar-refractivity contribution in [3.05, 3.63) is 64.2 Å². The molecule has 0 radical (unpaired) electrons. The lowest BCUT2D eigenvalue weighted by Crippen LogP contribution is -2.38. The smallest absolute Gasteiger partial charge is 0.219 e. The molecule has 3 rings (SSSR count). The maximum Gasteiger partial charge on any atom is 0.219 e. The van der Waals surface area contributed by atoms with Crippen LogP contribution >= 0.6 is 11.3 Å². The van der Waals surface area contributed by atoms with E-state index < -0.39 is 0 Å². The van der Waals surface area contributed by atoms with Gasteiger partial charge in [-0.15, -0.1) is 11.3 Å². The Labute approximate surface area is 181 Å². The van der Waals surface area contributed by atoms with Gasteiger partial charge in [-0.25, -0.2) is 15.0 Å². The first-order chi connectivity index (χ1) is 14.7. The molecule has 0 aliphatic heterocycles. The zero-order chi connectivity index (χ0) is 21.2. The van der Waals surface area contributed by atoms with Crippen LogP contribution in [0.25, 0.3) is 0 Å². The van der Waals surface area contributed by atoms with E-state index >= 15 is 0 Å². The molecule has 158 valence electrons. The number of hydrogen-bond acceptors (Lipinski definition) is 6. The molecule has 2 N–H and O–H groups in total. The lowest BCUT2D eigenvalue weighted by Gasteiger charge is -2.11. The monoisotopic (exact) mass is 425 g/mol. The summed E-state index contributed by atoms with van der Waals surface area (Å²) >= 11 is 1.73. The Bertz CT molecular complexity index is 956. The number of thiazole rings is 1. The summed E-state index contributed by atoms with van der Waals surface area (Å²) in [5.41, 5.74) is 1.00. The molecule has 1 aromatic carbocycles. The quantitative estimate of drug-likeness (QED) is 0.399. The highest BCUT2D eigenvalue weighted by molar-refractivity contribution is 7.11. The number of nitrogens with zero attached hydrogens (tertiary/aromatic N) is 3. The van der Waals surface area contributed by atoms with Crippen LogP contribution in [0.3, 0.4) is 0 Å². The van der Waals surface area contributed by atoms with Crippen LogP contribution < -0.4 is 20.1 Å². The van der Waals surface area contributed by atoms with Crippen molar-refractivity contribution in [3.8, 4) is 17.4 Å². The van der Waals surface area contributed by atoms with Gasteiger partial charge in [0.15, 0.2) is 5.96 Å². The van der Waals surface area contributed by atoms with E-state index in [-0.39, 0.29) is 0 Å². The number of guanidine groups is 1. The third kappa shape index (κ3) is 6.73. The van der Waals surface area contributed by atoms with Crippen molar-refractivity contribution in [2.24, 2.45) is 4.99 Å². The number of aryl methyl sites for hydroxylation is 1. The van der Waals surface area contributed by atoms with Gasteiger partial charge in [0.1, 0.15) is 11.5 Å². The summed E-state index contributed by atoms with van der Waals surface area (Å²) in [6.45, 7) is 6.23. The molecule has 0 atom stereocenters. The molecule has 7 nitrogen and oxygen atoms in total. The van der Waals surface area contributed by atoms with E-state index in [1.165, 1.54) is 4.88 Å². The molecule has 0 fully saturated rings. The van der Waals surface area contributed by atoms with Gasteiger partial charge < -0.3 is 20.1 Å². The van der Waals surface area contributed by atoms with Crippen LogP contribution in [-0.2, 0) is 13.0 Å². The molecule has 0 amide bonds. The topological polar surface area (TPSA) is 80.7 Å². The first kappa shape index (κ1) is 21.6. The first-order valence-corrected chi connectivity index (χ1v) is 10.7. The Morgan fingerprint density at radius 3 is 2.67 bits per heavy atom. The van der Waals surface area contributed by atoms with Gasteiger partial charge in [-0.1, -0.05) is 12.1 Å². The minimum absolute atomic E-state index is 0.526. The number of benzene rings is 1. The molecule has 0 aliphatic rings. The highest BCUT2D eigenvalue weighted by Gasteiger charge is 2.03. The summed E-state index contributed by atoms with van der Waals surface area (Å²) in [5, 5.41) is 7.75. The molecule has 0 saturated carbocycles. The Kier molecular flexibility index (Phi) is 8.02. The molecule has 0 spiro atoms. The fourth-order valence-corrected chi connectivity index (χ4v) is 3.45. The zero-order valence-corrected chi connectivity index (χ0v) is 18.3. The Hall–Kier alpha value is -3.13. The average molecular weight is 426 g/mol. The summed E-state index contributed by atoms with van der Waals surface area (Å²) in [4.78, 5) is 14.6. The van der Waals surface area contributed by atoms with Crippen LogP contribution in [0.5, 0.6) is 17.4 Å². The summed E-state index contributed by atoms with van der Waals surface area (Å²) < 4.78 is 11.0. The van der Waals surface area contributed by atoms with Gasteiger partial charge in [-0.3, -0.25) is 0 Å². The second kappa shape index (κ2) is 11.2. The van der Waals surface area contributed by atoms with Crippen LogP contribution in [0.4, 0.5) is 0 Å². The molecular weight excluding hydrogens is 398 g/mol. The van der Waals surface area contributed by atoms with Gasteiger partial charge in [-0.05, 0) is 31.5 Å². The second-order valence-corrected chi connectivity index (χ2v) is 7.84. The molecule has 0 bridgehead atoms. The predicted octanol–water partition coefficient (Wildman–Crippen LogP) is 3.95. The number of hydrogen-bond donors (Lipinski definition) is 2. The van der Waals surface area contributed by atoms with Gasteiger partial charge >= 0.3 is 0 Å². The van der Waals surface area contributed by atoms with Crippen molar-refractivity contribution < 1.29 is 9.47 Å². The molecule has 2 aromatic heterocycles. The van der Waals surface area contributed by atoms with Crippen LogP contribution in [-0.4, -0.2) is 36.1 Å². The van der Waals surface area contributed by atoms with E-state index in [0.717, 1.165) is 41.8 Å². The van der Waals surface area contributed by atoms with Crippen molar-refractivity contribution in [1.29, 1.82) is 0 Å².